The predicted octanol–water partition coefficient (Wildman–Crippen LogP) is 3.06. The Balaban J connectivity index is 1.28. The molecule has 0 aromatic heterocycles. The van der Waals surface area contributed by atoms with E-state index in [1.807, 2.05) is 24.3 Å². The topological polar surface area (TPSA) is 106 Å². The van der Waals surface area contributed by atoms with Crippen LogP contribution in [0.5, 0.6) is 17.2 Å². The average molecular weight is 533 g/mol. The number of ketones is 1. The Bertz CT molecular complexity index is 1350. The van der Waals surface area contributed by atoms with Crippen molar-refractivity contribution in [1.82, 2.24) is 10.6 Å². The summed E-state index contributed by atoms with van der Waals surface area (Å²) in [5.41, 5.74) is 1.34. The molecule has 5 unspecified atom stereocenters. The van der Waals surface area contributed by atoms with E-state index in [4.69, 9.17) is 14.2 Å². The van der Waals surface area contributed by atoms with E-state index >= 15 is 0 Å². The van der Waals surface area contributed by atoms with Crippen molar-refractivity contribution in [2.24, 2.45) is 11.8 Å². The van der Waals surface area contributed by atoms with Crippen LogP contribution >= 0.6 is 0 Å². The first kappa shape index (κ1) is 24.9. The number of benzene rings is 2. The molecule has 0 radical (unpaired) electrons. The van der Waals surface area contributed by atoms with E-state index in [0.29, 0.717) is 48.0 Å². The lowest BCUT2D eigenvalue weighted by Crippen LogP contribution is -2.79. The number of nitrogens with one attached hydrogen (secondary N) is 2. The molecule has 2 aromatic rings. The van der Waals surface area contributed by atoms with E-state index in [9.17, 15) is 14.7 Å². The van der Waals surface area contributed by atoms with Gasteiger partial charge >= 0.3 is 0 Å². The zero-order valence-electron chi connectivity index (χ0n) is 22.5. The van der Waals surface area contributed by atoms with Gasteiger partial charge < -0.3 is 30.0 Å². The molecule has 2 aliphatic heterocycles. The lowest BCUT2D eigenvalue weighted by atomic mass is 9.45. The Hall–Kier alpha value is -3.10. The highest BCUT2D eigenvalue weighted by Crippen LogP contribution is 2.65. The number of hydrogen-bond acceptors (Lipinski definition) is 7. The van der Waals surface area contributed by atoms with Crippen molar-refractivity contribution in [2.75, 3.05) is 20.8 Å². The van der Waals surface area contributed by atoms with Gasteiger partial charge in [0, 0.05) is 36.2 Å². The molecule has 2 heterocycles. The van der Waals surface area contributed by atoms with E-state index in [2.05, 4.69) is 10.6 Å². The van der Waals surface area contributed by atoms with Crippen LogP contribution in [-0.4, -0.2) is 55.3 Å². The molecule has 5 aliphatic rings. The average Bonchev–Trinajstić information content (AvgIpc) is 3.29. The van der Waals surface area contributed by atoms with Crippen molar-refractivity contribution >= 4 is 11.7 Å². The minimum absolute atomic E-state index is 0.0392. The van der Waals surface area contributed by atoms with Crippen LogP contribution in [0, 0.1) is 11.8 Å². The molecule has 8 nitrogen and oxygen atoms in total. The molecule has 3 fully saturated rings. The third-order valence-corrected chi connectivity index (χ3v) is 10.3. The number of methoxy groups -OCH3 is 2. The number of aliphatic hydroxyl groups is 1. The first-order valence-corrected chi connectivity index (χ1v) is 14.2. The molecule has 1 spiro atoms. The maximum absolute atomic E-state index is 13.6. The molecule has 39 heavy (non-hydrogen) atoms. The standard InChI is InChI=1S/C31H36N2O6/c1-37-21-8-6-19(24(14-21)38-2)15-33-29(35)22-9-7-18-13-25-30(36)11-10-23(34)28-31(30,26(18)27(22)39-28)20(16-32-25)12-17-4-3-5-17/h6-9,14,17,20,25,28,32,36H,3-5,10-13,15-16H2,1-2H3,(H,33,35). The summed E-state index contributed by atoms with van der Waals surface area (Å²) in [7, 11) is 3.18. The molecule has 1 amide bonds. The maximum Gasteiger partial charge on any atom is 0.255 e. The first-order chi connectivity index (χ1) is 18.9. The normalized spacial score (nSPS) is 32.1. The van der Waals surface area contributed by atoms with Gasteiger partial charge in [0.1, 0.15) is 17.2 Å². The van der Waals surface area contributed by atoms with E-state index in [1.54, 1.807) is 20.3 Å². The van der Waals surface area contributed by atoms with Gasteiger partial charge in [0.2, 0.25) is 0 Å². The van der Waals surface area contributed by atoms with E-state index in [1.165, 1.54) is 19.3 Å². The summed E-state index contributed by atoms with van der Waals surface area (Å²) in [5.74, 6) is 2.24. The molecule has 2 aromatic carbocycles. The van der Waals surface area contributed by atoms with Gasteiger partial charge in [-0.1, -0.05) is 25.3 Å². The smallest absolute Gasteiger partial charge is 0.255 e. The molecule has 3 N–H and O–H groups in total. The van der Waals surface area contributed by atoms with Crippen molar-refractivity contribution in [3.63, 3.8) is 0 Å². The maximum atomic E-state index is 13.6. The summed E-state index contributed by atoms with van der Waals surface area (Å²) in [4.78, 5) is 27.2. The fourth-order valence-electron chi connectivity index (χ4n) is 8.28. The molecule has 7 rings (SSSR count). The van der Waals surface area contributed by atoms with Gasteiger partial charge in [-0.15, -0.1) is 0 Å². The zero-order chi connectivity index (χ0) is 26.9. The van der Waals surface area contributed by atoms with Crippen LogP contribution < -0.4 is 24.8 Å². The van der Waals surface area contributed by atoms with Gasteiger partial charge in [-0.25, -0.2) is 0 Å². The number of rotatable bonds is 7. The quantitative estimate of drug-likeness (QED) is 0.503. The van der Waals surface area contributed by atoms with Crippen LogP contribution in [0.4, 0.5) is 0 Å². The van der Waals surface area contributed by atoms with Crippen molar-refractivity contribution in [2.45, 2.75) is 74.7 Å². The Morgan fingerprint density at radius 3 is 2.79 bits per heavy atom. The number of carbonyl (C=O) groups is 2. The van der Waals surface area contributed by atoms with Gasteiger partial charge in [-0.2, -0.15) is 0 Å². The Morgan fingerprint density at radius 2 is 2.05 bits per heavy atom. The van der Waals surface area contributed by atoms with Crippen molar-refractivity contribution in [3.05, 3.63) is 52.6 Å². The fourth-order valence-corrected chi connectivity index (χ4v) is 8.28. The Morgan fingerprint density at radius 1 is 1.21 bits per heavy atom. The van der Waals surface area contributed by atoms with E-state index in [-0.39, 0.29) is 30.2 Å². The van der Waals surface area contributed by atoms with E-state index in [0.717, 1.165) is 29.7 Å². The summed E-state index contributed by atoms with van der Waals surface area (Å²) >= 11 is 0. The summed E-state index contributed by atoms with van der Waals surface area (Å²) in [5, 5.41) is 19.2. The first-order valence-electron chi connectivity index (χ1n) is 14.2. The number of Topliss-reactive ketones (excluding diaryl/α,β-unsaturated/α-hetero) is 1. The summed E-state index contributed by atoms with van der Waals surface area (Å²) < 4.78 is 17.3. The number of ether oxygens (including phenoxy) is 3. The minimum atomic E-state index is -1.08. The molecule has 206 valence electrons. The predicted molar refractivity (Wildman–Crippen MR) is 143 cm³/mol. The molecule has 2 bridgehead atoms. The lowest BCUT2D eigenvalue weighted by molar-refractivity contribution is -0.182. The van der Waals surface area contributed by atoms with Crippen LogP contribution in [0.3, 0.4) is 0 Å². The fraction of sp³-hybridized carbons (Fsp3) is 0.548. The molecule has 2 saturated carbocycles. The number of hydrogen-bond donors (Lipinski definition) is 3. The van der Waals surface area contributed by atoms with Gasteiger partial charge in [0.15, 0.2) is 11.9 Å². The number of piperidine rings is 1. The van der Waals surface area contributed by atoms with Gasteiger partial charge in [0.05, 0.1) is 30.8 Å². The van der Waals surface area contributed by atoms with Crippen LogP contribution in [0.1, 0.15) is 65.6 Å². The lowest BCUT2D eigenvalue weighted by Gasteiger charge is -2.63. The molecule has 8 heteroatoms. The van der Waals surface area contributed by atoms with Crippen LogP contribution in [0.25, 0.3) is 0 Å². The van der Waals surface area contributed by atoms with Gasteiger partial charge in [0.25, 0.3) is 5.91 Å². The van der Waals surface area contributed by atoms with Crippen molar-refractivity contribution < 1.29 is 28.9 Å². The second-order valence-corrected chi connectivity index (χ2v) is 12.0. The summed E-state index contributed by atoms with van der Waals surface area (Å²) in [6, 6.07) is 9.18. The third kappa shape index (κ3) is 3.37. The molecule has 5 atom stereocenters. The molecule has 3 aliphatic carbocycles. The van der Waals surface area contributed by atoms with Crippen molar-refractivity contribution in [3.8, 4) is 17.2 Å². The molecular formula is C31H36N2O6. The van der Waals surface area contributed by atoms with Crippen LogP contribution in [0.2, 0.25) is 0 Å². The second-order valence-electron chi connectivity index (χ2n) is 12.0. The number of amides is 1. The highest BCUT2D eigenvalue weighted by molar-refractivity contribution is 5.99. The largest absolute Gasteiger partial charge is 0.497 e. The molecular weight excluding hydrogens is 496 g/mol. The Kier molecular flexibility index (Phi) is 5.72. The molecule has 1 saturated heterocycles. The van der Waals surface area contributed by atoms with Crippen molar-refractivity contribution in [1.29, 1.82) is 0 Å². The highest BCUT2D eigenvalue weighted by atomic mass is 16.5. The monoisotopic (exact) mass is 532 g/mol. The second kappa shape index (κ2) is 8.96. The zero-order valence-corrected chi connectivity index (χ0v) is 22.5. The van der Waals surface area contributed by atoms with Gasteiger partial charge in [-0.05, 0) is 61.4 Å². The van der Waals surface area contributed by atoms with Gasteiger partial charge in [-0.3, -0.25) is 9.59 Å². The minimum Gasteiger partial charge on any atom is -0.497 e. The van der Waals surface area contributed by atoms with Crippen LogP contribution in [0.15, 0.2) is 30.3 Å². The SMILES string of the molecule is COc1ccc(CNC(=O)c2ccc3c4c2OC2C(=O)CCC5(O)C(C3)NCC(CC3CCC3)C425)c(OC)c1. The number of carbonyl (C=O) groups excluding carboxylic acids is 2. The third-order valence-electron chi connectivity index (χ3n) is 10.3. The Labute approximate surface area is 228 Å². The van der Waals surface area contributed by atoms with E-state index < -0.39 is 17.1 Å². The summed E-state index contributed by atoms with van der Waals surface area (Å²) in [6.07, 6.45) is 5.23. The summed E-state index contributed by atoms with van der Waals surface area (Å²) in [6.45, 7) is 1.01. The highest BCUT2D eigenvalue weighted by Gasteiger charge is 2.75. The van der Waals surface area contributed by atoms with Crippen LogP contribution in [-0.2, 0) is 23.2 Å².